The van der Waals surface area contributed by atoms with Crippen molar-refractivity contribution in [1.29, 1.82) is 0 Å². The Bertz CT molecular complexity index is 254. The van der Waals surface area contributed by atoms with Gasteiger partial charge in [0.1, 0.15) is 6.04 Å². The minimum absolute atomic E-state index is 0.00798. The molecular formula is C11H22N2O3. The van der Waals surface area contributed by atoms with Crippen LogP contribution in [-0.2, 0) is 9.59 Å². The molecule has 0 aliphatic carbocycles. The summed E-state index contributed by atoms with van der Waals surface area (Å²) in [6.07, 6.45) is 0.689. The van der Waals surface area contributed by atoms with Crippen LogP contribution in [-0.4, -0.2) is 29.1 Å². The lowest BCUT2D eigenvalue weighted by atomic mass is 9.97. The van der Waals surface area contributed by atoms with Gasteiger partial charge >= 0.3 is 5.97 Å². The van der Waals surface area contributed by atoms with E-state index in [-0.39, 0.29) is 11.8 Å². The molecule has 0 aromatic rings. The number of carboxylic acid groups (broad SMARTS) is 1. The summed E-state index contributed by atoms with van der Waals surface area (Å²) in [7, 11) is 0. The number of rotatable bonds is 6. The molecule has 0 saturated heterocycles. The van der Waals surface area contributed by atoms with Crippen molar-refractivity contribution < 1.29 is 14.7 Å². The number of hydrogen-bond donors (Lipinski definition) is 3. The van der Waals surface area contributed by atoms with Crippen LogP contribution in [0.5, 0.6) is 0 Å². The van der Waals surface area contributed by atoms with E-state index in [4.69, 9.17) is 10.8 Å². The van der Waals surface area contributed by atoms with Crippen LogP contribution in [0.4, 0.5) is 0 Å². The Morgan fingerprint density at radius 2 is 1.81 bits per heavy atom. The quantitative estimate of drug-likeness (QED) is 0.622. The Hall–Kier alpha value is -1.10. The minimum atomic E-state index is -1.02. The highest BCUT2D eigenvalue weighted by molar-refractivity contribution is 5.87. The third-order valence-corrected chi connectivity index (χ3v) is 2.80. The van der Waals surface area contributed by atoms with Crippen LogP contribution in [0, 0.1) is 11.8 Å². The van der Waals surface area contributed by atoms with E-state index in [2.05, 4.69) is 5.32 Å². The third kappa shape index (κ3) is 4.18. The van der Waals surface area contributed by atoms with Gasteiger partial charge in [-0.3, -0.25) is 4.79 Å². The van der Waals surface area contributed by atoms with E-state index in [0.29, 0.717) is 6.42 Å². The summed E-state index contributed by atoms with van der Waals surface area (Å²) in [6, 6.07) is -1.52. The minimum Gasteiger partial charge on any atom is -0.480 e. The molecule has 0 heterocycles. The van der Waals surface area contributed by atoms with E-state index in [9.17, 15) is 9.59 Å². The van der Waals surface area contributed by atoms with Gasteiger partial charge in [0.2, 0.25) is 5.91 Å². The molecule has 94 valence electrons. The summed E-state index contributed by atoms with van der Waals surface area (Å²) < 4.78 is 0. The molecule has 0 aliphatic rings. The standard InChI is InChI=1S/C11H22N2O3/c1-5-7(4)9(11(15)16)13-10(14)8(12)6(2)3/h6-9H,5,12H2,1-4H3,(H,13,14)(H,15,16)/t7-,8+,9+/m0/s1. The molecule has 0 fully saturated rings. The van der Waals surface area contributed by atoms with Gasteiger partial charge in [0.05, 0.1) is 6.04 Å². The van der Waals surface area contributed by atoms with Crippen molar-refractivity contribution in [3.8, 4) is 0 Å². The van der Waals surface area contributed by atoms with Crippen LogP contribution < -0.4 is 11.1 Å². The molecule has 4 N–H and O–H groups in total. The summed E-state index contributed by atoms with van der Waals surface area (Å²) in [5, 5.41) is 11.5. The number of carbonyl (C=O) groups excluding carboxylic acids is 1. The maximum absolute atomic E-state index is 11.6. The zero-order valence-electron chi connectivity index (χ0n) is 10.4. The van der Waals surface area contributed by atoms with E-state index in [1.54, 1.807) is 6.92 Å². The zero-order chi connectivity index (χ0) is 12.9. The highest BCUT2D eigenvalue weighted by Gasteiger charge is 2.28. The lowest BCUT2D eigenvalue weighted by molar-refractivity contribution is -0.143. The topological polar surface area (TPSA) is 92.4 Å². The van der Waals surface area contributed by atoms with Crippen LogP contribution in [0.15, 0.2) is 0 Å². The zero-order valence-corrected chi connectivity index (χ0v) is 10.4. The van der Waals surface area contributed by atoms with Crippen molar-refractivity contribution >= 4 is 11.9 Å². The molecule has 0 aromatic carbocycles. The van der Waals surface area contributed by atoms with Crippen LogP contribution in [0.1, 0.15) is 34.1 Å². The van der Waals surface area contributed by atoms with Crippen LogP contribution >= 0.6 is 0 Å². The molecule has 5 heteroatoms. The van der Waals surface area contributed by atoms with Crippen molar-refractivity contribution in [2.24, 2.45) is 17.6 Å². The lowest BCUT2D eigenvalue weighted by Crippen LogP contribution is -2.52. The van der Waals surface area contributed by atoms with Gasteiger partial charge in [-0.1, -0.05) is 34.1 Å². The molecule has 3 atom stereocenters. The average Bonchev–Trinajstić information content (AvgIpc) is 2.22. The molecule has 5 nitrogen and oxygen atoms in total. The molecule has 0 rings (SSSR count). The van der Waals surface area contributed by atoms with Crippen molar-refractivity contribution in [3.05, 3.63) is 0 Å². The van der Waals surface area contributed by atoms with Gasteiger partial charge in [0, 0.05) is 0 Å². The Morgan fingerprint density at radius 1 is 1.31 bits per heavy atom. The SMILES string of the molecule is CC[C@H](C)[C@@H](NC(=O)[C@H](N)C(C)C)C(=O)O. The fraction of sp³-hybridized carbons (Fsp3) is 0.818. The Morgan fingerprint density at radius 3 is 2.12 bits per heavy atom. The molecule has 0 unspecified atom stereocenters. The van der Waals surface area contributed by atoms with Gasteiger partial charge in [-0.2, -0.15) is 0 Å². The number of nitrogens with two attached hydrogens (primary N) is 1. The van der Waals surface area contributed by atoms with Gasteiger partial charge in [-0.25, -0.2) is 4.79 Å². The van der Waals surface area contributed by atoms with Crippen molar-refractivity contribution in [2.45, 2.75) is 46.2 Å². The van der Waals surface area contributed by atoms with Gasteiger partial charge < -0.3 is 16.2 Å². The monoisotopic (exact) mass is 230 g/mol. The summed E-state index contributed by atoms with van der Waals surface area (Å²) in [4.78, 5) is 22.6. The van der Waals surface area contributed by atoms with Crippen LogP contribution in [0.2, 0.25) is 0 Å². The average molecular weight is 230 g/mol. The second kappa shape index (κ2) is 6.48. The molecule has 0 aromatic heterocycles. The molecule has 1 amide bonds. The predicted octanol–water partition coefficient (Wildman–Crippen LogP) is 0.585. The van der Waals surface area contributed by atoms with E-state index < -0.39 is 24.0 Å². The second-order valence-electron chi connectivity index (χ2n) is 4.48. The fourth-order valence-electron chi connectivity index (χ4n) is 1.24. The number of hydrogen-bond acceptors (Lipinski definition) is 3. The number of carboxylic acids is 1. The lowest BCUT2D eigenvalue weighted by Gasteiger charge is -2.23. The summed E-state index contributed by atoms with van der Waals surface area (Å²) in [5.74, 6) is -1.53. The van der Waals surface area contributed by atoms with Crippen LogP contribution in [0.25, 0.3) is 0 Å². The maximum atomic E-state index is 11.6. The molecule has 16 heavy (non-hydrogen) atoms. The first-order valence-electron chi connectivity index (χ1n) is 5.60. The highest BCUT2D eigenvalue weighted by atomic mass is 16.4. The second-order valence-corrected chi connectivity index (χ2v) is 4.48. The smallest absolute Gasteiger partial charge is 0.326 e. The first kappa shape index (κ1) is 14.9. The fourth-order valence-corrected chi connectivity index (χ4v) is 1.24. The normalized spacial score (nSPS) is 16.6. The molecule has 0 saturated carbocycles. The molecule has 0 radical (unpaired) electrons. The maximum Gasteiger partial charge on any atom is 0.326 e. The molecule has 0 aliphatic heterocycles. The van der Waals surface area contributed by atoms with E-state index in [1.165, 1.54) is 0 Å². The largest absolute Gasteiger partial charge is 0.480 e. The number of amides is 1. The van der Waals surface area contributed by atoms with Gasteiger partial charge in [0.25, 0.3) is 0 Å². The van der Waals surface area contributed by atoms with Crippen molar-refractivity contribution in [1.82, 2.24) is 5.32 Å². The van der Waals surface area contributed by atoms with Crippen LogP contribution in [0.3, 0.4) is 0 Å². The number of aliphatic carboxylic acids is 1. The number of nitrogens with one attached hydrogen (secondary N) is 1. The first-order valence-corrected chi connectivity index (χ1v) is 5.60. The van der Waals surface area contributed by atoms with E-state index in [0.717, 1.165) is 0 Å². The van der Waals surface area contributed by atoms with Gasteiger partial charge in [-0.05, 0) is 11.8 Å². The Balaban J connectivity index is 4.52. The van der Waals surface area contributed by atoms with E-state index in [1.807, 2.05) is 20.8 Å². The third-order valence-electron chi connectivity index (χ3n) is 2.80. The van der Waals surface area contributed by atoms with Crippen molar-refractivity contribution in [2.75, 3.05) is 0 Å². The summed E-state index contributed by atoms with van der Waals surface area (Å²) >= 11 is 0. The van der Waals surface area contributed by atoms with Gasteiger partial charge in [0.15, 0.2) is 0 Å². The predicted molar refractivity (Wildman–Crippen MR) is 61.8 cm³/mol. The molecule has 0 spiro atoms. The molecule has 0 bridgehead atoms. The Kier molecular flexibility index (Phi) is 6.03. The summed E-state index contributed by atoms with van der Waals surface area (Å²) in [6.45, 7) is 7.32. The molecular weight excluding hydrogens is 208 g/mol. The first-order chi connectivity index (χ1) is 7.31. The summed E-state index contributed by atoms with van der Waals surface area (Å²) in [5.41, 5.74) is 5.65. The van der Waals surface area contributed by atoms with Gasteiger partial charge in [-0.15, -0.1) is 0 Å². The van der Waals surface area contributed by atoms with Crippen molar-refractivity contribution in [3.63, 3.8) is 0 Å². The van der Waals surface area contributed by atoms with E-state index >= 15 is 0 Å². The Labute approximate surface area is 96.4 Å². The number of carbonyl (C=O) groups is 2. The highest BCUT2D eigenvalue weighted by Crippen LogP contribution is 2.09.